The van der Waals surface area contributed by atoms with Crippen molar-refractivity contribution in [1.82, 2.24) is 19.6 Å². The number of nitrogens with zero attached hydrogens (tertiary/aromatic N) is 4. The Bertz CT molecular complexity index is 5580. The lowest BCUT2D eigenvalue weighted by Gasteiger charge is -2.43. The summed E-state index contributed by atoms with van der Waals surface area (Å²) in [4.78, 5) is 54.7. The van der Waals surface area contributed by atoms with Crippen LogP contribution in [0.25, 0.3) is 0 Å². The van der Waals surface area contributed by atoms with E-state index in [-0.39, 0.29) is 89.7 Å². The van der Waals surface area contributed by atoms with Gasteiger partial charge in [0.2, 0.25) is 0 Å². The average Bonchev–Trinajstić information content (AvgIpc) is 0.625. The lowest BCUT2D eigenvalue weighted by Crippen LogP contribution is -2.46. The maximum absolute atomic E-state index is 13.8. The predicted octanol–water partition coefficient (Wildman–Crippen LogP) is 13.7. The van der Waals surface area contributed by atoms with Crippen LogP contribution in [0.15, 0.2) is 48.5 Å². The van der Waals surface area contributed by atoms with Crippen LogP contribution in [0.2, 0.25) is 0 Å². The second kappa shape index (κ2) is 32.7. The normalized spacial score (nSPS) is 45.4. The number of carbonyl (C=O) groups is 4. The highest BCUT2D eigenvalue weighted by Gasteiger charge is 2.43. The molecule has 0 radical (unpaired) electrons. The van der Waals surface area contributed by atoms with Crippen LogP contribution in [0.4, 0.5) is 0 Å². The minimum atomic E-state index is -4.05. The van der Waals surface area contributed by atoms with Gasteiger partial charge in [-0.15, -0.1) is 0 Å². The molecule has 8 aliphatic rings. The number of carbonyl (C=O) groups excluding carboxylic acids is 4. The van der Waals surface area contributed by atoms with E-state index in [0.29, 0.717) is 18.7 Å². The van der Waals surface area contributed by atoms with E-state index in [0.717, 1.165) is 36.4 Å². The molecule has 16 heteroatoms. The fourth-order valence-corrected chi connectivity index (χ4v) is 10.7. The lowest BCUT2D eigenvalue weighted by molar-refractivity contribution is -0.130. The molecule has 0 N–H and O–H groups in total. The van der Waals surface area contributed by atoms with Gasteiger partial charge in [-0.2, -0.15) is 0 Å². The lowest BCUT2D eigenvalue weighted by atomic mass is 9.79. The monoisotopic (exact) mass is 1350 g/mol. The SMILES string of the molecule is [2H]C([2H])([2H])C([2H])(C([2H])([2H])C)C([2H])([2H])C1([2H])CN2C([2H])([2H])C([2H])([2H])c3cc(OC)c(OC)cc3C2([2H])C([2H])([2H])C1=O.[2H]C1([2H])C(=O)C([2H])(CC(C)C)C([2H])([2H])N2C([2H])([2H])C([2H])([2H])c3cc(OC)c(OC)cc3C21[2H].[2H]C12CC(=O)C(C([2H])([2H])C([2H])(C([2H])([2H])[2H])C([2H])([2H])C)C([2H])([2H])N1C([2H])([2H])C([2H])([2H])c1cc(OC)c(OC)cc12.[2H]C12CC(=O)C(CC(C)C)C([2H])([2H])N1C([2H])([2H])C([2H])([2H])c1cc(OC)c(OC)cc12. The third kappa shape index (κ3) is 16.4. The minimum absolute atomic E-state index is 0.000460. The summed E-state index contributed by atoms with van der Waals surface area (Å²) in [7, 11) is 10.1. The number of Topliss-reactive ketones (excluding diaryl/α,β-unsaturated/α-hetero) is 4. The van der Waals surface area contributed by atoms with Crippen LogP contribution in [0.5, 0.6) is 46.0 Å². The zero-order chi connectivity index (χ0) is 111. The molecule has 10 unspecified atom stereocenters. The first-order chi connectivity index (χ1) is 63.3. The number of ketones is 4. The van der Waals surface area contributed by atoms with Gasteiger partial charge >= 0.3 is 0 Å². The van der Waals surface area contributed by atoms with Crippen LogP contribution in [-0.4, -0.2) is 152 Å². The molecule has 4 aromatic rings. The summed E-state index contributed by atoms with van der Waals surface area (Å²) in [6.45, 7) is -23.7. The quantitative estimate of drug-likeness (QED) is 0.0926. The number of rotatable bonds is 18. The Morgan fingerprint density at radius 3 is 1.16 bits per heavy atom. The minimum Gasteiger partial charge on any atom is -0.493 e. The van der Waals surface area contributed by atoms with Crippen molar-refractivity contribution in [2.45, 2.75) is 169 Å². The van der Waals surface area contributed by atoms with E-state index in [1.807, 2.05) is 13.8 Å². The third-order valence-corrected chi connectivity index (χ3v) is 15.4. The van der Waals surface area contributed by atoms with Crippen LogP contribution in [0.3, 0.4) is 0 Å². The Labute approximate surface area is 629 Å². The Morgan fingerprint density at radius 1 is 0.447 bits per heavy atom. The average molecular weight is 1350 g/mol. The van der Waals surface area contributed by atoms with Gasteiger partial charge in [0.15, 0.2) is 46.0 Å². The van der Waals surface area contributed by atoms with Crippen molar-refractivity contribution in [3.05, 3.63) is 93.0 Å². The molecule has 8 heterocycles. The Kier molecular flexibility index (Phi) is 11.1. The van der Waals surface area contributed by atoms with Crippen LogP contribution in [0.1, 0.15) is 254 Å². The predicted molar refractivity (Wildman–Crippen MR) is 370 cm³/mol. The summed E-state index contributed by atoms with van der Waals surface area (Å²) in [5.41, 5.74) is -3.08. The molecule has 94 heavy (non-hydrogen) atoms. The second-order valence-electron chi connectivity index (χ2n) is 22.4. The number of ether oxygens (including phenoxy) is 8. The fraction of sp³-hybridized carbons (Fsp3) is 0.641. The molecule has 12 rings (SSSR count). The van der Waals surface area contributed by atoms with Crippen molar-refractivity contribution in [3.8, 4) is 46.0 Å². The number of aryl methyl sites for hydroxylation is 4. The molecule has 0 saturated carbocycles. The highest BCUT2D eigenvalue weighted by Crippen LogP contribution is 2.48. The standard InChI is InChI=1S/2C20H29NO3.2C19H27NO3/c2*1-5-13(2)8-15-12-21-7-6-14-9-19(23-3)20(24-4)10-16(14)17(21)11-18(15)22;2*1-12(2)7-14-11-20-6-5-13-8-18(22-3)19(23-4)9-15(13)16(20)10-17(14)21/h2*9-10,13,15,17H,5-8,11-12H2,1-4H3;2*8-9,12,14,16H,5-7,10-11H2,1-4H3/i2D3,5D2,6D2,7D2,8D2,11D2,13D,15D,17D;2D3,5D2,6D2,7D2,8D2,12D2,13D,17D;5D2,6D2,10D2,11D2,14D,16D;5D2,6D2,11D2,16D. The summed E-state index contributed by atoms with van der Waals surface area (Å²) >= 11 is 0. The summed E-state index contributed by atoms with van der Waals surface area (Å²) in [6.07, 6.45) is -35.0. The van der Waals surface area contributed by atoms with Gasteiger partial charge < -0.3 is 37.9 Å². The van der Waals surface area contributed by atoms with E-state index in [2.05, 4.69) is 0 Å². The highest BCUT2D eigenvalue weighted by atomic mass is 16.5. The van der Waals surface area contributed by atoms with Crippen molar-refractivity contribution in [1.29, 1.82) is 0 Å². The summed E-state index contributed by atoms with van der Waals surface area (Å²) in [5, 5.41) is 0. The van der Waals surface area contributed by atoms with E-state index in [4.69, 9.17) is 101 Å². The zero-order valence-corrected chi connectivity index (χ0v) is 54.7. The Morgan fingerprint density at radius 2 is 0.777 bits per heavy atom. The molecule has 4 fully saturated rings. The molecule has 4 aromatic carbocycles. The van der Waals surface area contributed by atoms with Gasteiger partial charge in [-0.25, -0.2) is 0 Å². The van der Waals surface area contributed by atoms with Crippen LogP contribution < -0.4 is 37.9 Å². The molecular formula is C78H112N4O12. The molecule has 0 aromatic heterocycles. The van der Waals surface area contributed by atoms with E-state index < -0.39 is 265 Å². The molecule has 8 aliphatic heterocycles. The summed E-state index contributed by atoms with van der Waals surface area (Å²) in [5.74, 6) is -24.0. The second-order valence-corrected chi connectivity index (χ2v) is 22.4. The van der Waals surface area contributed by atoms with Gasteiger partial charge in [0.25, 0.3) is 0 Å². The molecule has 4 saturated heterocycles. The first-order valence-corrected chi connectivity index (χ1v) is 29.7. The number of benzene rings is 4. The van der Waals surface area contributed by atoms with E-state index >= 15 is 0 Å². The van der Waals surface area contributed by atoms with Crippen LogP contribution in [0, 0.1) is 47.2 Å². The molecule has 16 nitrogen and oxygen atoms in total. The van der Waals surface area contributed by atoms with Crippen LogP contribution in [-0.2, 0) is 44.7 Å². The molecule has 0 amide bonds. The van der Waals surface area contributed by atoms with Gasteiger partial charge in [0.1, 0.15) is 23.1 Å². The van der Waals surface area contributed by atoms with Crippen molar-refractivity contribution < 1.29 is 123 Å². The number of methoxy groups -OCH3 is 8. The Hall–Kier alpha value is -6.20. The van der Waals surface area contributed by atoms with Crippen molar-refractivity contribution in [2.24, 2.45) is 47.2 Å². The van der Waals surface area contributed by atoms with Gasteiger partial charge in [-0.1, -0.05) is 68.0 Å². The first-order valence-electron chi connectivity index (χ1n) is 53.7. The maximum atomic E-state index is 13.8. The van der Waals surface area contributed by atoms with E-state index in [9.17, 15) is 21.9 Å². The summed E-state index contributed by atoms with van der Waals surface area (Å²) in [6, 6.07) is -2.14. The molecule has 0 aliphatic carbocycles. The highest BCUT2D eigenvalue weighted by molar-refractivity contribution is 5.85. The van der Waals surface area contributed by atoms with Gasteiger partial charge in [-0.05, 0) is 168 Å². The smallest absolute Gasteiger partial charge is 0.161 e. The zero-order valence-electron chi connectivity index (χ0n) is 103. The van der Waals surface area contributed by atoms with Crippen molar-refractivity contribution in [2.75, 3.05) is 109 Å². The molecule has 0 spiro atoms. The fourth-order valence-electron chi connectivity index (χ4n) is 10.7. The largest absolute Gasteiger partial charge is 0.493 e. The molecular weight excluding hydrogens is 1180 g/mol. The Balaban J connectivity index is 0.000000212. The van der Waals surface area contributed by atoms with Gasteiger partial charge in [-0.3, -0.25) is 38.8 Å². The third-order valence-electron chi connectivity index (χ3n) is 15.4. The molecule has 516 valence electrons. The van der Waals surface area contributed by atoms with Crippen molar-refractivity contribution in [3.63, 3.8) is 0 Å². The van der Waals surface area contributed by atoms with Crippen LogP contribution >= 0.6 is 0 Å². The van der Waals surface area contributed by atoms with E-state index in [1.165, 1.54) is 69.0 Å². The number of hydrogen-bond acceptors (Lipinski definition) is 16. The first kappa shape index (κ1) is 32.0. The molecule has 0 bridgehead atoms. The van der Waals surface area contributed by atoms with E-state index in [1.54, 1.807) is 13.8 Å². The topological polar surface area (TPSA) is 155 Å². The van der Waals surface area contributed by atoms with Gasteiger partial charge in [0.05, 0.1) is 62.4 Å². The van der Waals surface area contributed by atoms with Gasteiger partial charge in [0, 0.05) is 186 Å². The number of hydrogen-bond donors (Lipinski definition) is 0. The molecule has 10 atom stereocenters. The number of fused-ring (bicyclic) bond motifs is 12. The number of piperidine rings is 4. The maximum Gasteiger partial charge on any atom is 0.161 e. The van der Waals surface area contributed by atoms with Crippen molar-refractivity contribution >= 4 is 23.1 Å². The summed E-state index contributed by atoms with van der Waals surface area (Å²) < 4.78 is 451.